The van der Waals surface area contributed by atoms with Crippen molar-refractivity contribution in [2.24, 2.45) is 0 Å². The van der Waals surface area contributed by atoms with Crippen LogP contribution in [0.4, 0.5) is 0 Å². The minimum atomic E-state index is -3.42. The zero-order valence-corrected chi connectivity index (χ0v) is 17.9. The first-order chi connectivity index (χ1) is 14.5. The number of para-hydroxylation sites is 1. The maximum absolute atomic E-state index is 12.5. The lowest BCUT2D eigenvalue weighted by molar-refractivity contribution is -0.128. The van der Waals surface area contributed by atoms with Gasteiger partial charge in [-0.3, -0.25) is 4.79 Å². The second-order valence-electron chi connectivity index (χ2n) is 7.05. The number of nitrogens with one attached hydrogen (secondary N) is 1. The molecule has 7 nitrogen and oxygen atoms in total. The fourth-order valence-corrected chi connectivity index (χ4v) is 4.74. The van der Waals surface area contributed by atoms with Crippen LogP contribution in [0.1, 0.15) is 26.2 Å². The first kappa shape index (κ1) is 22.1. The molecule has 0 aliphatic carbocycles. The van der Waals surface area contributed by atoms with Gasteiger partial charge in [-0.05, 0) is 55.7 Å². The van der Waals surface area contributed by atoms with E-state index in [0.717, 1.165) is 12.8 Å². The summed E-state index contributed by atoms with van der Waals surface area (Å²) in [6, 6.07) is 15.6. The summed E-state index contributed by atoms with van der Waals surface area (Å²) in [6.45, 7) is 3.63. The molecule has 0 aromatic heterocycles. The highest BCUT2D eigenvalue weighted by molar-refractivity contribution is 7.89. The molecule has 8 heteroatoms. The third-order valence-electron chi connectivity index (χ3n) is 4.88. The Bertz CT molecular complexity index is 910. The van der Waals surface area contributed by atoms with Crippen LogP contribution in [0.5, 0.6) is 11.5 Å². The van der Waals surface area contributed by atoms with Gasteiger partial charge < -0.3 is 14.8 Å². The number of carbonyl (C=O) groups excluding carboxylic acids is 1. The molecule has 2 aromatic rings. The van der Waals surface area contributed by atoms with Crippen molar-refractivity contribution in [3.8, 4) is 11.5 Å². The monoisotopic (exact) mass is 432 g/mol. The normalized spacial score (nSPS) is 15.5. The summed E-state index contributed by atoms with van der Waals surface area (Å²) in [4.78, 5) is 12.6. The quantitative estimate of drug-likeness (QED) is 0.584. The van der Waals surface area contributed by atoms with Gasteiger partial charge >= 0.3 is 0 Å². The van der Waals surface area contributed by atoms with Gasteiger partial charge in [0.1, 0.15) is 18.1 Å². The fraction of sp³-hybridized carbons (Fsp3) is 0.409. The van der Waals surface area contributed by atoms with E-state index in [-0.39, 0.29) is 17.4 Å². The van der Waals surface area contributed by atoms with Crippen LogP contribution >= 0.6 is 0 Å². The molecule has 1 N–H and O–H groups in total. The first-order valence-corrected chi connectivity index (χ1v) is 11.7. The smallest absolute Gasteiger partial charge is 0.261 e. The Balaban J connectivity index is 1.44. The maximum atomic E-state index is 12.5. The molecule has 1 amide bonds. The molecule has 1 atom stereocenters. The van der Waals surface area contributed by atoms with Crippen LogP contribution in [0.15, 0.2) is 59.5 Å². The molecular weight excluding hydrogens is 404 g/mol. The summed E-state index contributed by atoms with van der Waals surface area (Å²) >= 11 is 0. The average Bonchev–Trinajstić information content (AvgIpc) is 3.32. The lowest BCUT2D eigenvalue weighted by Crippen LogP contribution is -2.39. The van der Waals surface area contributed by atoms with Gasteiger partial charge in [-0.1, -0.05) is 25.1 Å². The van der Waals surface area contributed by atoms with Gasteiger partial charge in [0.15, 0.2) is 6.10 Å². The third-order valence-corrected chi connectivity index (χ3v) is 6.79. The Morgan fingerprint density at radius 3 is 2.33 bits per heavy atom. The SMILES string of the molecule is CC[C@@H](Oc1ccccc1)C(=O)NCCOc1ccc(S(=O)(=O)N2CCCC2)cc1. The lowest BCUT2D eigenvalue weighted by atomic mass is 10.2. The van der Waals surface area contributed by atoms with Crippen LogP contribution in [0.2, 0.25) is 0 Å². The maximum Gasteiger partial charge on any atom is 0.261 e. The first-order valence-electron chi connectivity index (χ1n) is 10.2. The zero-order valence-electron chi connectivity index (χ0n) is 17.1. The zero-order chi connectivity index (χ0) is 21.4. The van der Waals surface area contributed by atoms with Crippen molar-refractivity contribution in [1.29, 1.82) is 0 Å². The molecule has 3 rings (SSSR count). The molecule has 30 heavy (non-hydrogen) atoms. The van der Waals surface area contributed by atoms with Crippen LogP contribution in [-0.2, 0) is 14.8 Å². The standard InChI is InChI=1S/C22H28N2O5S/c1-2-21(29-19-8-4-3-5-9-19)22(25)23-14-17-28-18-10-12-20(13-11-18)30(26,27)24-15-6-7-16-24/h3-5,8-13,21H,2,6-7,14-17H2,1H3,(H,23,25)/t21-/m1/s1. The summed E-state index contributed by atoms with van der Waals surface area (Å²) in [6.07, 6.45) is 1.79. The Hall–Kier alpha value is -2.58. The molecule has 1 heterocycles. The Labute approximate surface area is 178 Å². The number of benzene rings is 2. The Kier molecular flexibility index (Phi) is 7.70. The number of sulfonamides is 1. The number of hydrogen-bond acceptors (Lipinski definition) is 5. The summed E-state index contributed by atoms with van der Waals surface area (Å²) in [5.74, 6) is 1.01. The van der Waals surface area contributed by atoms with Gasteiger partial charge in [-0.25, -0.2) is 8.42 Å². The Morgan fingerprint density at radius 1 is 1.03 bits per heavy atom. The van der Waals surface area contributed by atoms with Crippen LogP contribution in [0.25, 0.3) is 0 Å². The topological polar surface area (TPSA) is 84.9 Å². The highest BCUT2D eigenvalue weighted by Crippen LogP contribution is 2.22. The van der Waals surface area contributed by atoms with Crippen LogP contribution < -0.4 is 14.8 Å². The van der Waals surface area contributed by atoms with E-state index in [0.29, 0.717) is 37.6 Å². The average molecular weight is 433 g/mol. The van der Waals surface area contributed by atoms with Crippen LogP contribution in [-0.4, -0.2) is 51.0 Å². The van der Waals surface area contributed by atoms with E-state index in [1.54, 1.807) is 24.3 Å². The van der Waals surface area contributed by atoms with Gasteiger partial charge in [0.2, 0.25) is 10.0 Å². The van der Waals surface area contributed by atoms with Crippen LogP contribution in [0.3, 0.4) is 0 Å². The second kappa shape index (κ2) is 10.4. The number of carbonyl (C=O) groups is 1. The van der Waals surface area contributed by atoms with Crippen molar-refractivity contribution in [1.82, 2.24) is 9.62 Å². The van der Waals surface area contributed by atoms with E-state index in [9.17, 15) is 13.2 Å². The lowest BCUT2D eigenvalue weighted by Gasteiger charge is -2.17. The number of ether oxygens (including phenoxy) is 2. The van der Waals surface area contributed by atoms with E-state index < -0.39 is 16.1 Å². The molecule has 162 valence electrons. The van der Waals surface area contributed by atoms with E-state index in [4.69, 9.17) is 9.47 Å². The molecule has 0 spiro atoms. The predicted octanol–water partition coefficient (Wildman–Crippen LogP) is 2.82. The molecule has 0 radical (unpaired) electrons. The molecule has 0 saturated carbocycles. The molecule has 0 bridgehead atoms. The van der Waals surface area contributed by atoms with Crippen molar-refractivity contribution in [3.05, 3.63) is 54.6 Å². The Morgan fingerprint density at radius 2 is 1.70 bits per heavy atom. The van der Waals surface area contributed by atoms with E-state index in [1.165, 1.54) is 4.31 Å². The van der Waals surface area contributed by atoms with Crippen LogP contribution in [0, 0.1) is 0 Å². The molecule has 1 fully saturated rings. The van der Waals surface area contributed by atoms with Crippen molar-refractivity contribution in [2.75, 3.05) is 26.2 Å². The van der Waals surface area contributed by atoms with Gasteiger partial charge in [0, 0.05) is 13.1 Å². The minimum Gasteiger partial charge on any atom is -0.492 e. The van der Waals surface area contributed by atoms with Crippen molar-refractivity contribution < 1.29 is 22.7 Å². The predicted molar refractivity (Wildman–Crippen MR) is 114 cm³/mol. The number of amides is 1. The number of hydrogen-bond donors (Lipinski definition) is 1. The van der Waals surface area contributed by atoms with Crippen molar-refractivity contribution in [3.63, 3.8) is 0 Å². The largest absolute Gasteiger partial charge is 0.492 e. The highest BCUT2D eigenvalue weighted by atomic mass is 32.2. The second-order valence-corrected chi connectivity index (χ2v) is 8.99. The van der Waals surface area contributed by atoms with E-state index in [1.807, 2.05) is 37.3 Å². The molecule has 1 aliphatic rings. The molecule has 0 unspecified atom stereocenters. The highest BCUT2D eigenvalue weighted by Gasteiger charge is 2.27. The summed E-state index contributed by atoms with van der Waals surface area (Å²) < 4.78 is 37.9. The van der Waals surface area contributed by atoms with Gasteiger partial charge in [-0.2, -0.15) is 4.31 Å². The number of rotatable bonds is 10. The molecule has 1 saturated heterocycles. The summed E-state index contributed by atoms with van der Waals surface area (Å²) in [7, 11) is -3.42. The van der Waals surface area contributed by atoms with Gasteiger partial charge in [0.25, 0.3) is 5.91 Å². The number of nitrogens with zero attached hydrogens (tertiary/aromatic N) is 1. The summed E-state index contributed by atoms with van der Waals surface area (Å²) in [5.41, 5.74) is 0. The third kappa shape index (κ3) is 5.73. The molecular formula is C22H28N2O5S. The van der Waals surface area contributed by atoms with Gasteiger partial charge in [-0.15, -0.1) is 0 Å². The van der Waals surface area contributed by atoms with E-state index in [2.05, 4.69) is 5.32 Å². The fourth-order valence-electron chi connectivity index (χ4n) is 3.23. The van der Waals surface area contributed by atoms with E-state index >= 15 is 0 Å². The van der Waals surface area contributed by atoms with Crippen molar-refractivity contribution >= 4 is 15.9 Å². The van der Waals surface area contributed by atoms with Crippen molar-refractivity contribution in [2.45, 2.75) is 37.2 Å². The van der Waals surface area contributed by atoms with Gasteiger partial charge in [0.05, 0.1) is 11.4 Å². The minimum absolute atomic E-state index is 0.197. The summed E-state index contributed by atoms with van der Waals surface area (Å²) in [5, 5.41) is 2.81. The molecule has 2 aromatic carbocycles. The molecule has 1 aliphatic heterocycles.